The van der Waals surface area contributed by atoms with Crippen molar-refractivity contribution in [3.63, 3.8) is 0 Å². The molecule has 2 aromatic rings. The van der Waals surface area contributed by atoms with Gasteiger partial charge in [-0.3, -0.25) is 0 Å². The number of aryl methyl sites for hydroxylation is 2. The monoisotopic (exact) mass is 265 g/mol. The van der Waals surface area contributed by atoms with Crippen LogP contribution in [0.2, 0.25) is 0 Å². The summed E-state index contributed by atoms with van der Waals surface area (Å²) in [6.07, 6.45) is 1.70. The molecule has 0 spiro atoms. The Hall–Kier alpha value is -2.27. The van der Waals surface area contributed by atoms with Gasteiger partial charge in [-0.2, -0.15) is 5.26 Å². The first kappa shape index (κ1) is 14.1. The molecule has 2 aromatic carbocycles. The van der Waals surface area contributed by atoms with Gasteiger partial charge in [0, 0.05) is 5.56 Å². The van der Waals surface area contributed by atoms with Crippen molar-refractivity contribution in [2.45, 2.75) is 25.7 Å². The summed E-state index contributed by atoms with van der Waals surface area (Å²) >= 11 is 0. The molecule has 0 saturated heterocycles. The maximum Gasteiger partial charge on any atom is 0.123 e. The molecule has 1 unspecified atom stereocenters. The quantitative estimate of drug-likeness (QED) is 0.810. The van der Waals surface area contributed by atoms with Crippen molar-refractivity contribution in [2.24, 2.45) is 0 Å². The maximum absolute atomic E-state index is 9.46. The number of ether oxygens (including phenoxy) is 1. The van der Waals surface area contributed by atoms with E-state index in [2.05, 4.69) is 24.3 Å². The zero-order chi connectivity index (χ0) is 14.4. The molecule has 2 nitrogen and oxygen atoms in total. The molecule has 2 heteroatoms. The highest BCUT2D eigenvalue weighted by Gasteiger charge is 2.15. The lowest BCUT2D eigenvalue weighted by Gasteiger charge is -2.14. The first-order chi connectivity index (χ1) is 9.74. The summed E-state index contributed by atoms with van der Waals surface area (Å²) in [6.45, 7) is 2.04. The maximum atomic E-state index is 9.46. The Morgan fingerprint density at radius 3 is 2.55 bits per heavy atom. The van der Waals surface area contributed by atoms with E-state index in [1.807, 2.05) is 37.3 Å². The minimum absolute atomic E-state index is 0.134. The van der Waals surface area contributed by atoms with Gasteiger partial charge in [0.05, 0.1) is 19.1 Å². The highest BCUT2D eigenvalue weighted by molar-refractivity contribution is 5.42. The minimum Gasteiger partial charge on any atom is -0.496 e. The van der Waals surface area contributed by atoms with E-state index >= 15 is 0 Å². The number of hydrogen-bond acceptors (Lipinski definition) is 2. The molecule has 0 aliphatic heterocycles. The van der Waals surface area contributed by atoms with Gasteiger partial charge in [0.1, 0.15) is 5.75 Å². The Morgan fingerprint density at radius 2 is 1.90 bits per heavy atom. The highest BCUT2D eigenvalue weighted by atomic mass is 16.5. The van der Waals surface area contributed by atoms with Crippen LogP contribution in [0.4, 0.5) is 0 Å². The second-order valence-electron chi connectivity index (χ2n) is 4.95. The molecule has 102 valence electrons. The number of nitrogens with zero attached hydrogens (tertiary/aromatic N) is 1. The van der Waals surface area contributed by atoms with Gasteiger partial charge in [0.25, 0.3) is 0 Å². The Morgan fingerprint density at radius 1 is 1.15 bits per heavy atom. The fourth-order valence-electron chi connectivity index (χ4n) is 2.37. The number of methoxy groups -OCH3 is 1. The van der Waals surface area contributed by atoms with Gasteiger partial charge < -0.3 is 4.74 Å². The SMILES string of the molecule is COc1ccc(C)cc1C(C#N)CCc1ccccc1. The van der Waals surface area contributed by atoms with Crippen molar-refractivity contribution < 1.29 is 4.74 Å². The summed E-state index contributed by atoms with van der Waals surface area (Å²) in [4.78, 5) is 0. The zero-order valence-electron chi connectivity index (χ0n) is 12.0. The van der Waals surface area contributed by atoms with Gasteiger partial charge in [-0.15, -0.1) is 0 Å². The van der Waals surface area contributed by atoms with Crippen LogP contribution in [-0.4, -0.2) is 7.11 Å². The van der Waals surface area contributed by atoms with E-state index in [4.69, 9.17) is 4.74 Å². The standard InChI is InChI=1S/C18H19NO/c1-14-8-11-18(20-2)17(12-14)16(13-19)10-9-15-6-4-3-5-7-15/h3-8,11-12,16H,9-10H2,1-2H3. The minimum atomic E-state index is -0.134. The largest absolute Gasteiger partial charge is 0.496 e. The van der Waals surface area contributed by atoms with Crippen molar-refractivity contribution >= 4 is 0 Å². The van der Waals surface area contributed by atoms with Crippen LogP contribution in [0, 0.1) is 18.3 Å². The van der Waals surface area contributed by atoms with Crippen LogP contribution in [0.5, 0.6) is 5.75 Å². The molecule has 0 amide bonds. The molecule has 0 saturated carbocycles. The lowest BCUT2D eigenvalue weighted by atomic mass is 9.92. The van der Waals surface area contributed by atoms with Crippen molar-refractivity contribution in [1.82, 2.24) is 0 Å². The van der Waals surface area contributed by atoms with Gasteiger partial charge in [-0.1, -0.05) is 48.0 Å². The third kappa shape index (κ3) is 3.39. The predicted octanol–water partition coefficient (Wildman–Crippen LogP) is 4.24. The molecule has 2 rings (SSSR count). The summed E-state index contributed by atoms with van der Waals surface area (Å²) in [5, 5.41) is 9.46. The first-order valence-corrected chi connectivity index (χ1v) is 6.82. The summed E-state index contributed by atoms with van der Waals surface area (Å²) < 4.78 is 5.38. The summed E-state index contributed by atoms with van der Waals surface area (Å²) in [5.41, 5.74) is 3.41. The van der Waals surface area contributed by atoms with E-state index in [9.17, 15) is 5.26 Å². The van der Waals surface area contributed by atoms with Crippen LogP contribution in [-0.2, 0) is 6.42 Å². The number of hydrogen-bond donors (Lipinski definition) is 0. The second-order valence-corrected chi connectivity index (χ2v) is 4.95. The van der Waals surface area contributed by atoms with Crippen LogP contribution in [0.1, 0.15) is 29.0 Å². The molecule has 20 heavy (non-hydrogen) atoms. The lowest BCUT2D eigenvalue weighted by molar-refractivity contribution is 0.407. The molecule has 0 N–H and O–H groups in total. The van der Waals surface area contributed by atoms with Crippen LogP contribution in [0.3, 0.4) is 0 Å². The van der Waals surface area contributed by atoms with Gasteiger partial charge >= 0.3 is 0 Å². The van der Waals surface area contributed by atoms with Crippen molar-refractivity contribution in [2.75, 3.05) is 7.11 Å². The smallest absolute Gasteiger partial charge is 0.123 e. The number of nitriles is 1. The number of rotatable bonds is 5. The van der Waals surface area contributed by atoms with E-state index in [1.54, 1.807) is 7.11 Å². The zero-order valence-corrected chi connectivity index (χ0v) is 12.0. The molecule has 0 fully saturated rings. The van der Waals surface area contributed by atoms with E-state index in [0.717, 1.165) is 29.7 Å². The molecular weight excluding hydrogens is 246 g/mol. The van der Waals surface area contributed by atoms with Crippen LogP contribution >= 0.6 is 0 Å². The molecule has 0 aromatic heterocycles. The Balaban J connectivity index is 2.16. The topological polar surface area (TPSA) is 33.0 Å². The lowest BCUT2D eigenvalue weighted by Crippen LogP contribution is -2.02. The molecule has 0 aliphatic rings. The molecule has 0 aliphatic carbocycles. The van der Waals surface area contributed by atoms with Gasteiger partial charge in [0.15, 0.2) is 0 Å². The fourth-order valence-corrected chi connectivity index (χ4v) is 2.37. The molecule has 1 atom stereocenters. The molecular formula is C18H19NO. The Bertz CT molecular complexity index is 599. The Kier molecular flexibility index (Phi) is 4.79. The average Bonchev–Trinajstić information content (AvgIpc) is 2.49. The molecule has 0 radical (unpaired) electrons. The highest BCUT2D eigenvalue weighted by Crippen LogP contribution is 2.30. The fraction of sp³-hybridized carbons (Fsp3) is 0.278. The second kappa shape index (κ2) is 6.77. The van der Waals surface area contributed by atoms with Crippen molar-refractivity contribution in [3.05, 3.63) is 65.2 Å². The molecule has 0 heterocycles. The van der Waals surface area contributed by atoms with E-state index in [-0.39, 0.29) is 5.92 Å². The van der Waals surface area contributed by atoms with Gasteiger partial charge in [-0.25, -0.2) is 0 Å². The third-order valence-corrected chi connectivity index (χ3v) is 3.48. The van der Waals surface area contributed by atoms with Crippen molar-refractivity contribution in [1.29, 1.82) is 5.26 Å². The van der Waals surface area contributed by atoms with Crippen molar-refractivity contribution in [3.8, 4) is 11.8 Å². The van der Waals surface area contributed by atoms with E-state index in [1.165, 1.54) is 5.56 Å². The number of benzene rings is 2. The molecule has 0 bridgehead atoms. The third-order valence-electron chi connectivity index (χ3n) is 3.48. The van der Waals surface area contributed by atoms with Crippen LogP contribution in [0.25, 0.3) is 0 Å². The predicted molar refractivity (Wildman–Crippen MR) is 80.8 cm³/mol. The first-order valence-electron chi connectivity index (χ1n) is 6.82. The van der Waals surface area contributed by atoms with Gasteiger partial charge in [-0.05, 0) is 31.4 Å². The van der Waals surface area contributed by atoms with Crippen LogP contribution in [0.15, 0.2) is 48.5 Å². The van der Waals surface area contributed by atoms with E-state index < -0.39 is 0 Å². The van der Waals surface area contributed by atoms with Crippen LogP contribution < -0.4 is 4.74 Å². The van der Waals surface area contributed by atoms with Gasteiger partial charge in [0.2, 0.25) is 0 Å². The summed E-state index contributed by atoms with van der Waals surface area (Å²) in [7, 11) is 1.65. The summed E-state index contributed by atoms with van der Waals surface area (Å²) in [5.74, 6) is 0.667. The van der Waals surface area contributed by atoms with E-state index in [0.29, 0.717) is 0 Å². The Labute approximate surface area is 120 Å². The normalized spacial score (nSPS) is 11.7. The average molecular weight is 265 g/mol. The summed E-state index contributed by atoms with van der Waals surface area (Å²) in [6, 6.07) is 18.7.